The number of rotatable bonds is 4. The number of alkyl halides is 3. The summed E-state index contributed by atoms with van der Waals surface area (Å²) in [6, 6.07) is 3.96. The Morgan fingerprint density at radius 1 is 1.33 bits per heavy atom. The molecule has 1 aliphatic rings. The molecule has 7 heteroatoms. The molecule has 0 saturated carbocycles. The van der Waals surface area contributed by atoms with Gasteiger partial charge in [-0.2, -0.15) is 13.2 Å². The Morgan fingerprint density at radius 2 is 1.95 bits per heavy atom. The van der Waals surface area contributed by atoms with Crippen LogP contribution in [0.15, 0.2) is 24.3 Å². The van der Waals surface area contributed by atoms with E-state index in [9.17, 15) is 18.0 Å². The van der Waals surface area contributed by atoms with E-state index in [0.717, 1.165) is 12.1 Å². The van der Waals surface area contributed by atoms with Crippen LogP contribution in [0.1, 0.15) is 23.6 Å². The first-order chi connectivity index (χ1) is 9.84. The molecule has 2 rings (SSSR count). The summed E-state index contributed by atoms with van der Waals surface area (Å²) in [4.78, 5) is 13.5. The van der Waals surface area contributed by atoms with Gasteiger partial charge in [0.25, 0.3) is 0 Å². The van der Waals surface area contributed by atoms with Crippen LogP contribution in [-0.4, -0.2) is 37.1 Å². The molecule has 0 radical (unpaired) electrons. The molecule has 0 aliphatic carbocycles. The zero-order valence-corrected chi connectivity index (χ0v) is 11.6. The van der Waals surface area contributed by atoms with Gasteiger partial charge in [-0.15, -0.1) is 0 Å². The maximum atomic E-state index is 12.6. The van der Waals surface area contributed by atoms with Crippen molar-refractivity contribution in [2.24, 2.45) is 5.73 Å². The van der Waals surface area contributed by atoms with Gasteiger partial charge >= 0.3 is 6.18 Å². The van der Waals surface area contributed by atoms with E-state index in [2.05, 4.69) is 0 Å². The minimum absolute atomic E-state index is 0.107. The Kier molecular flexibility index (Phi) is 4.53. The van der Waals surface area contributed by atoms with Crippen molar-refractivity contribution in [3.63, 3.8) is 0 Å². The first-order valence-electron chi connectivity index (χ1n) is 6.55. The van der Waals surface area contributed by atoms with E-state index in [1.807, 2.05) is 0 Å². The molecular weight excluding hydrogens is 285 g/mol. The number of nitrogens with zero attached hydrogens (tertiary/aromatic N) is 1. The largest absolute Gasteiger partial charge is 0.416 e. The number of carbonyl (C=O) groups excluding carboxylic acids is 1. The molecule has 1 heterocycles. The normalized spacial score (nSPS) is 22.9. The van der Waals surface area contributed by atoms with Crippen LogP contribution in [0, 0.1) is 0 Å². The van der Waals surface area contributed by atoms with Gasteiger partial charge in [0.05, 0.1) is 18.2 Å². The summed E-state index contributed by atoms with van der Waals surface area (Å²) in [5.74, 6) is -0.107. The fraction of sp³-hybridized carbons (Fsp3) is 0.500. The summed E-state index contributed by atoms with van der Waals surface area (Å²) in [5, 5.41) is 0. The maximum absolute atomic E-state index is 12.6. The van der Waals surface area contributed by atoms with Crippen molar-refractivity contribution in [3.8, 4) is 0 Å². The molecule has 1 aromatic rings. The maximum Gasteiger partial charge on any atom is 0.416 e. The Hall–Kier alpha value is -1.60. The van der Waals surface area contributed by atoms with Crippen molar-refractivity contribution in [1.82, 2.24) is 4.90 Å². The molecule has 21 heavy (non-hydrogen) atoms. The first kappa shape index (κ1) is 15.8. The van der Waals surface area contributed by atoms with Crippen molar-refractivity contribution < 1.29 is 22.7 Å². The van der Waals surface area contributed by atoms with Crippen molar-refractivity contribution >= 4 is 5.91 Å². The Morgan fingerprint density at radius 3 is 2.48 bits per heavy atom. The number of carbonyl (C=O) groups is 1. The third-order valence-corrected chi connectivity index (χ3v) is 3.59. The summed E-state index contributed by atoms with van der Waals surface area (Å²) in [6.07, 6.45) is -4.18. The predicted octanol–water partition coefficient (Wildman–Crippen LogP) is 1.95. The second-order valence-electron chi connectivity index (χ2n) is 5.01. The predicted molar refractivity (Wildman–Crippen MR) is 70.4 cm³/mol. The van der Waals surface area contributed by atoms with E-state index in [0.29, 0.717) is 18.7 Å². The van der Waals surface area contributed by atoms with Crippen LogP contribution >= 0.6 is 0 Å². The molecule has 116 valence electrons. The molecule has 0 spiro atoms. The third kappa shape index (κ3) is 3.36. The zero-order chi connectivity index (χ0) is 15.6. The number of benzene rings is 1. The zero-order valence-electron chi connectivity index (χ0n) is 11.6. The molecular formula is C14H17F3N2O2. The summed E-state index contributed by atoms with van der Waals surface area (Å²) in [7, 11) is 1.52. The molecule has 2 unspecified atom stereocenters. The van der Waals surface area contributed by atoms with Gasteiger partial charge in [-0.3, -0.25) is 4.79 Å². The van der Waals surface area contributed by atoms with Crippen LogP contribution in [0.5, 0.6) is 0 Å². The highest BCUT2D eigenvalue weighted by molar-refractivity contribution is 5.80. The van der Waals surface area contributed by atoms with Crippen LogP contribution in [0.25, 0.3) is 0 Å². The van der Waals surface area contributed by atoms with Crippen LogP contribution in [-0.2, 0) is 15.7 Å². The van der Waals surface area contributed by atoms with Gasteiger partial charge in [0, 0.05) is 26.1 Å². The van der Waals surface area contributed by atoms with Crippen LogP contribution in [0.3, 0.4) is 0 Å². The monoisotopic (exact) mass is 302 g/mol. The number of hydrogen-bond acceptors (Lipinski definition) is 3. The molecule has 1 amide bonds. The lowest BCUT2D eigenvalue weighted by Gasteiger charge is -2.27. The van der Waals surface area contributed by atoms with Gasteiger partial charge in [-0.1, -0.05) is 12.1 Å². The first-order valence-corrected chi connectivity index (χ1v) is 6.55. The molecule has 1 fully saturated rings. The van der Waals surface area contributed by atoms with Gasteiger partial charge in [0.2, 0.25) is 5.91 Å². The van der Waals surface area contributed by atoms with E-state index in [1.165, 1.54) is 19.2 Å². The van der Waals surface area contributed by atoms with Crippen molar-refractivity contribution in [3.05, 3.63) is 35.4 Å². The quantitative estimate of drug-likeness (QED) is 0.925. The second kappa shape index (κ2) is 6.03. The highest BCUT2D eigenvalue weighted by Gasteiger charge is 2.38. The average Bonchev–Trinajstić information content (AvgIpc) is 2.70. The molecule has 1 aliphatic heterocycles. The van der Waals surface area contributed by atoms with Gasteiger partial charge in [-0.05, 0) is 17.7 Å². The van der Waals surface area contributed by atoms with Crippen molar-refractivity contribution in [2.75, 3.05) is 20.3 Å². The molecule has 0 bridgehead atoms. The Bertz CT molecular complexity index is 502. The Labute approximate surface area is 120 Å². The highest BCUT2D eigenvalue weighted by Crippen LogP contribution is 2.34. The van der Waals surface area contributed by atoms with Gasteiger partial charge in [0.15, 0.2) is 0 Å². The highest BCUT2D eigenvalue weighted by atomic mass is 19.4. The van der Waals surface area contributed by atoms with E-state index < -0.39 is 23.8 Å². The lowest BCUT2D eigenvalue weighted by atomic mass is 9.99. The van der Waals surface area contributed by atoms with E-state index >= 15 is 0 Å². The molecule has 2 atom stereocenters. The fourth-order valence-electron chi connectivity index (χ4n) is 2.57. The second-order valence-corrected chi connectivity index (χ2v) is 5.01. The van der Waals surface area contributed by atoms with E-state index in [1.54, 1.807) is 4.90 Å². The smallest absolute Gasteiger partial charge is 0.383 e. The number of hydrogen-bond donors (Lipinski definition) is 1. The van der Waals surface area contributed by atoms with Crippen LogP contribution < -0.4 is 5.73 Å². The van der Waals surface area contributed by atoms with Crippen LogP contribution in [0.2, 0.25) is 0 Å². The number of methoxy groups -OCH3 is 1. The minimum Gasteiger partial charge on any atom is -0.383 e. The number of nitrogens with two attached hydrogens (primary N) is 1. The molecule has 4 nitrogen and oxygen atoms in total. The van der Waals surface area contributed by atoms with Gasteiger partial charge in [0.1, 0.15) is 0 Å². The minimum atomic E-state index is -4.37. The topological polar surface area (TPSA) is 55.6 Å². The molecule has 0 aromatic heterocycles. The average molecular weight is 302 g/mol. The van der Waals surface area contributed by atoms with Gasteiger partial charge < -0.3 is 15.4 Å². The van der Waals surface area contributed by atoms with Crippen molar-refractivity contribution in [2.45, 2.75) is 24.7 Å². The molecule has 1 saturated heterocycles. The van der Waals surface area contributed by atoms with Crippen LogP contribution in [0.4, 0.5) is 13.2 Å². The number of amides is 1. The lowest BCUT2D eigenvalue weighted by Crippen LogP contribution is -2.35. The lowest BCUT2D eigenvalue weighted by molar-refractivity contribution is -0.137. The standard InChI is InChI=1S/C14H17F3N2O2/c1-21-7-6-19-12(20)8-11(18)13(19)9-2-4-10(5-3-9)14(15,16)17/h2-5,11,13H,6-8,18H2,1H3. The summed E-state index contributed by atoms with van der Waals surface area (Å²) < 4.78 is 42.7. The number of ether oxygens (including phenoxy) is 1. The number of halogens is 3. The SMILES string of the molecule is COCCN1C(=O)CC(N)C1c1ccc(C(F)(F)F)cc1. The molecule has 2 N–H and O–H groups in total. The summed E-state index contributed by atoms with van der Waals surface area (Å²) in [5.41, 5.74) is 5.86. The van der Waals surface area contributed by atoms with Gasteiger partial charge in [-0.25, -0.2) is 0 Å². The fourth-order valence-corrected chi connectivity index (χ4v) is 2.57. The number of likely N-dealkylation sites (tertiary alicyclic amines) is 1. The van der Waals surface area contributed by atoms with E-state index in [-0.39, 0.29) is 12.3 Å². The summed E-state index contributed by atoms with van der Waals surface area (Å²) in [6.45, 7) is 0.727. The Balaban J connectivity index is 2.23. The third-order valence-electron chi connectivity index (χ3n) is 3.59. The van der Waals surface area contributed by atoms with Crippen molar-refractivity contribution in [1.29, 1.82) is 0 Å². The van der Waals surface area contributed by atoms with E-state index in [4.69, 9.17) is 10.5 Å². The molecule has 1 aromatic carbocycles. The summed E-state index contributed by atoms with van der Waals surface area (Å²) >= 11 is 0.